The Labute approximate surface area is 122 Å². The summed E-state index contributed by atoms with van der Waals surface area (Å²) in [7, 11) is 0. The van der Waals surface area contributed by atoms with Crippen LogP contribution in [0.15, 0.2) is 22.8 Å². The molecule has 1 heterocycles. The largest absolute Gasteiger partial charge is 1.00 e. The Morgan fingerprint density at radius 2 is 1.85 bits per heavy atom. The molecule has 0 saturated carbocycles. The molecule has 1 aromatic rings. The Balaban J connectivity index is -0.000000150. The van der Waals surface area contributed by atoms with Crippen LogP contribution >= 0.6 is 0 Å². The van der Waals surface area contributed by atoms with Crippen molar-refractivity contribution in [2.45, 2.75) is 0 Å². The van der Waals surface area contributed by atoms with Crippen LogP contribution in [0.4, 0.5) is 0 Å². The van der Waals surface area contributed by atoms with Gasteiger partial charge in [-0.2, -0.15) is 0 Å². The number of hydrogen-bond donors (Lipinski definition) is 0. The third-order valence-electron chi connectivity index (χ3n) is 0.659. The first-order valence-corrected chi connectivity index (χ1v) is 3.42. The maximum Gasteiger partial charge on any atom is 1.00 e. The molecule has 0 aliphatic rings. The third-order valence-corrected chi connectivity index (χ3v) is 0.659. The zero-order valence-electron chi connectivity index (χ0n) is 7.26. The second-order valence-electron chi connectivity index (χ2n) is 1.34. The van der Waals surface area contributed by atoms with Crippen molar-refractivity contribution >= 4 is 17.6 Å². The summed E-state index contributed by atoms with van der Waals surface area (Å²) in [6.07, 6.45) is 2.13. The molecule has 0 aliphatic carbocycles. The van der Waals surface area contributed by atoms with Gasteiger partial charge >= 0.3 is 59.1 Å². The maximum absolute atomic E-state index is 9.77. The molecule has 0 atom stereocenters. The molecule has 1 rings (SSSR count). The summed E-state index contributed by atoms with van der Waals surface area (Å²) in [5.41, 5.74) is 0. The molecular formula is C5H4Na2O5S. The van der Waals surface area contributed by atoms with Crippen molar-refractivity contribution in [2.75, 3.05) is 0 Å². The van der Waals surface area contributed by atoms with Gasteiger partial charge in [-0.15, -0.1) is 11.4 Å². The zero-order chi connectivity index (χ0) is 8.69. The van der Waals surface area contributed by atoms with Crippen molar-refractivity contribution in [1.82, 2.24) is 0 Å². The van der Waals surface area contributed by atoms with E-state index in [1.54, 1.807) is 12.1 Å². The van der Waals surface area contributed by atoms with Gasteiger partial charge in [-0.25, -0.2) is 0 Å². The van der Waals surface area contributed by atoms with E-state index in [2.05, 4.69) is 4.42 Å². The van der Waals surface area contributed by atoms with Crippen LogP contribution in [0.3, 0.4) is 0 Å². The first-order valence-electron chi connectivity index (χ1n) is 2.42. The van der Waals surface area contributed by atoms with E-state index in [1.165, 1.54) is 6.26 Å². The van der Waals surface area contributed by atoms with E-state index in [1.807, 2.05) is 0 Å². The van der Waals surface area contributed by atoms with Crippen molar-refractivity contribution in [3.8, 4) is 0 Å². The van der Waals surface area contributed by atoms with Gasteiger partial charge in [0.25, 0.3) is 0 Å². The summed E-state index contributed by atoms with van der Waals surface area (Å²) in [5, 5.41) is 0. The van der Waals surface area contributed by atoms with Crippen molar-refractivity contribution in [3.05, 3.63) is 24.2 Å². The van der Waals surface area contributed by atoms with E-state index in [-0.39, 0.29) is 59.1 Å². The third kappa shape index (κ3) is 15.7. The van der Waals surface area contributed by atoms with Gasteiger partial charge in [0.05, 0.1) is 6.26 Å². The molecule has 0 radical (unpaired) electrons. The minimum absolute atomic E-state index is 0. The molecule has 8 heteroatoms. The van der Waals surface area contributed by atoms with Crippen molar-refractivity contribution < 1.29 is 81.6 Å². The van der Waals surface area contributed by atoms with E-state index < -0.39 is 11.4 Å². The molecule has 0 fully saturated rings. The number of rotatable bonds is 1. The normalized spacial score (nSPS) is 7.31. The maximum atomic E-state index is 9.77. The van der Waals surface area contributed by atoms with Crippen molar-refractivity contribution in [3.63, 3.8) is 0 Å². The van der Waals surface area contributed by atoms with Gasteiger partial charge in [0.2, 0.25) is 0 Å². The molecule has 62 valence electrons. The number of furan rings is 1. The zero-order valence-corrected chi connectivity index (χ0v) is 12.1. The van der Waals surface area contributed by atoms with Crippen LogP contribution in [0.2, 0.25) is 0 Å². The van der Waals surface area contributed by atoms with Gasteiger partial charge < -0.3 is 13.5 Å². The fraction of sp³-hybridized carbons (Fsp3) is 0. The van der Waals surface area contributed by atoms with E-state index in [4.69, 9.17) is 13.3 Å². The smallest absolute Gasteiger partial charge is 0.784 e. The van der Waals surface area contributed by atoms with Crippen LogP contribution < -0.4 is 59.1 Å². The molecule has 0 bridgehead atoms. The molecule has 0 aromatic carbocycles. The van der Waals surface area contributed by atoms with Crippen LogP contribution in [-0.4, -0.2) is 19.6 Å². The van der Waals surface area contributed by atoms with Gasteiger partial charge in [0.15, 0.2) is 12.0 Å². The number of carbonyl (C=O) groups is 1. The monoisotopic (exact) mass is 222 g/mol. The van der Waals surface area contributed by atoms with Gasteiger partial charge in [0.1, 0.15) is 0 Å². The van der Waals surface area contributed by atoms with Gasteiger partial charge in [-0.1, -0.05) is 0 Å². The van der Waals surface area contributed by atoms with E-state index in [0.717, 1.165) is 0 Å². The summed E-state index contributed by atoms with van der Waals surface area (Å²) in [6, 6.07) is 3.27. The van der Waals surface area contributed by atoms with Crippen LogP contribution in [0.1, 0.15) is 10.6 Å². The van der Waals surface area contributed by atoms with E-state index >= 15 is 0 Å². The van der Waals surface area contributed by atoms with E-state index in [0.29, 0.717) is 12.0 Å². The van der Waals surface area contributed by atoms with E-state index in [9.17, 15) is 4.79 Å². The predicted octanol–water partition coefficient (Wildman–Crippen LogP) is -5.90. The summed E-state index contributed by atoms with van der Waals surface area (Å²) in [4.78, 5) is 9.77. The summed E-state index contributed by atoms with van der Waals surface area (Å²) in [5.74, 6) is 0.375. The van der Waals surface area contributed by atoms with Crippen molar-refractivity contribution in [1.29, 1.82) is 0 Å². The first kappa shape index (κ1) is 19.6. The van der Waals surface area contributed by atoms with Crippen LogP contribution in [0.25, 0.3) is 0 Å². The van der Waals surface area contributed by atoms with Crippen LogP contribution in [0, 0.1) is 0 Å². The SMILES string of the molecule is O=Cc1ccco1.O=S([O-])[O-].[Na+].[Na+]. The van der Waals surface area contributed by atoms with Gasteiger partial charge in [-0.3, -0.25) is 9.00 Å². The Bertz CT molecular complexity index is 221. The molecule has 5 nitrogen and oxygen atoms in total. The summed E-state index contributed by atoms with van der Waals surface area (Å²) >= 11 is -3.11. The van der Waals surface area contributed by atoms with Crippen molar-refractivity contribution in [2.24, 2.45) is 0 Å². The molecule has 0 unspecified atom stereocenters. The quantitative estimate of drug-likeness (QED) is 0.268. The minimum atomic E-state index is -3.11. The van der Waals surface area contributed by atoms with Crippen LogP contribution in [-0.2, 0) is 11.4 Å². The fourth-order valence-electron chi connectivity index (χ4n) is 0.358. The molecule has 1 aromatic heterocycles. The minimum Gasteiger partial charge on any atom is -0.784 e. The molecule has 0 amide bonds. The molecule has 0 spiro atoms. The second-order valence-corrected chi connectivity index (χ2v) is 1.75. The van der Waals surface area contributed by atoms with Crippen LogP contribution in [0.5, 0.6) is 0 Å². The standard InChI is InChI=1S/C5H4O2.2Na.H2O3S/c6-4-5-2-1-3-7-5;;;1-4(2)3/h1-4H;;;(H2,1,2,3)/q;2*+1;/p-2. The number of carbonyl (C=O) groups excluding carboxylic acids is 1. The van der Waals surface area contributed by atoms with Gasteiger partial charge in [0, 0.05) is 0 Å². The molecular weight excluding hydrogens is 218 g/mol. The fourth-order valence-corrected chi connectivity index (χ4v) is 0.358. The predicted molar refractivity (Wildman–Crippen MR) is 33.8 cm³/mol. The average Bonchev–Trinajstić information content (AvgIpc) is 2.36. The average molecular weight is 222 g/mol. The summed E-state index contributed by atoms with van der Waals surface area (Å²) < 4.78 is 29.9. The number of aldehydes is 1. The topological polar surface area (TPSA) is 93.4 Å². The second kappa shape index (κ2) is 13.0. The van der Waals surface area contributed by atoms with Gasteiger partial charge in [-0.05, 0) is 12.1 Å². The Morgan fingerprint density at radius 1 is 1.38 bits per heavy atom. The molecule has 0 saturated heterocycles. The summed E-state index contributed by atoms with van der Waals surface area (Å²) in [6.45, 7) is 0. The Morgan fingerprint density at radius 3 is 2.00 bits per heavy atom. The Kier molecular flexibility index (Phi) is 19.6. The number of hydrogen-bond acceptors (Lipinski definition) is 5. The molecule has 13 heavy (non-hydrogen) atoms. The molecule has 0 aliphatic heterocycles. The Hall–Kier alpha value is 1.02. The first-order chi connectivity index (χ1) is 5.16. The molecule has 0 N–H and O–H groups in total.